The van der Waals surface area contributed by atoms with Crippen LogP contribution in [0.1, 0.15) is 13.3 Å². The fraction of sp³-hybridized carbons (Fsp3) is 0.250. The van der Waals surface area contributed by atoms with Crippen LogP contribution in [0, 0.1) is 0 Å². The Morgan fingerprint density at radius 3 is 2.79 bits per heavy atom. The van der Waals surface area contributed by atoms with Gasteiger partial charge in [-0.3, -0.25) is 4.84 Å². The Labute approximate surface area is 83.7 Å². The van der Waals surface area contributed by atoms with Crippen molar-refractivity contribution in [3.63, 3.8) is 0 Å². The van der Waals surface area contributed by atoms with Crippen LogP contribution in [0.2, 0.25) is 0 Å². The van der Waals surface area contributed by atoms with Crippen molar-refractivity contribution in [1.29, 1.82) is 0 Å². The van der Waals surface area contributed by atoms with Crippen molar-refractivity contribution in [1.82, 2.24) is 0 Å². The normalized spacial score (nSPS) is 10.4. The lowest BCUT2D eigenvalue weighted by Gasteiger charge is -1.98. The summed E-state index contributed by atoms with van der Waals surface area (Å²) in [6, 6.07) is 12.3. The number of rotatable bonds is 3. The zero-order valence-corrected chi connectivity index (χ0v) is 8.31. The molecule has 2 rings (SSSR count). The molecule has 0 aliphatic carbocycles. The van der Waals surface area contributed by atoms with Crippen LogP contribution in [-0.4, -0.2) is 6.61 Å². The first-order valence-corrected chi connectivity index (χ1v) is 4.94. The number of pyridine rings is 1. The van der Waals surface area contributed by atoms with Crippen LogP contribution in [0.5, 0.6) is 0 Å². The highest BCUT2D eigenvalue weighted by Crippen LogP contribution is 2.06. The maximum atomic E-state index is 5.59. The molecule has 2 heteroatoms. The Kier molecular flexibility index (Phi) is 2.63. The summed E-state index contributed by atoms with van der Waals surface area (Å²) < 4.78 is 1.83. The van der Waals surface area contributed by atoms with Crippen LogP contribution < -0.4 is 9.57 Å². The average molecular weight is 188 g/mol. The molecular formula is C12H14NO+. The maximum absolute atomic E-state index is 5.59. The molecule has 1 aromatic carbocycles. The van der Waals surface area contributed by atoms with Crippen LogP contribution in [0.4, 0.5) is 0 Å². The summed E-state index contributed by atoms with van der Waals surface area (Å²) in [5.74, 6) is 0. The van der Waals surface area contributed by atoms with Gasteiger partial charge in [0.05, 0.1) is 5.39 Å². The molecule has 0 amide bonds. The van der Waals surface area contributed by atoms with Crippen LogP contribution >= 0.6 is 0 Å². The van der Waals surface area contributed by atoms with E-state index in [2.05, 4.69) is 25.1 Å². The second-order valence-corrected chi connectivity index (χ2v) is 3.23. The molecular weight excluding hydrogens is 174 g/mol. The minimum Gasteiger partial charge on any atom is -0.271 e. The molecule has 0 unspecified atom stereocenters. The highest BCUT2D eigenvalue weighted by atomic mass is 16.7. The quantitative estimate of drug-likeness (QED) is 0.671. The van der Waals surface area contributed by atoms with Crippen molar-refractivity contribution in [3.8, 4) is 0 Å². The minimum absolute atomic E-state index is 0.749. The van der Waals surface area contributed by atoms with Gasteiger partial charge in [0.1, 0.15) is 0 Å². The maximum Gasteiger partial charge on any atom is 0.264 e. The van der Waals surface area contributed by atoms with Crippen molar-refractivity contribution >= 4 is 10.9 Å². The van der Waals surface area contributed by atoms with Gasteiger partial charge in [-0.05, 0) is 18.6 Å². The van der Waals surface area contributed by atoms with E-state index in [-0.39, 0.29) is 0 Å². The lowest BCUT2D eigenvalue weighted by molar-refractivity contribution is -0.871. The Hall–Kier alpha value is -1.57. The first-order valence-electron chi connectivity index (χ1n) is 4.94. The second-order valence-electron chi connectivity index (χ2n) is 3.23. The summed E-state index contributed by atoms with van der Waals surface area (Å²) in [5.41, 5.74) is 1.11. The fourth-order valence-corrected chi connectivity index (χ4v) is 1.44. The van der Waals surface area contributed by atoms with Crippen molar-refractivity contribution in [2.24, 2.45) is 0 Å². The number of para-hydroxylation sites is 1. The topological polar surface area (TPSA) is 13.1 Å². The van der Waals surface area contributed by atoms with Gasteiger partial charge < -0.3 is 0 Å². The van der Waals surface area contributed by atoms with Crippen LogP contribution in [0.25, 0.3) is 10.9 Å². The van der Waals surface area contributed by atoms with E-state index in [9.17, 15) is 0 Å². The van der Waals surface area contributed by atoms with E-state index in [1.807, 2.05) is 29.1 Å². The van der Waals surface area contributed by atoms with E-state index in [1.165, 1.54) is 5.39 Å². The number of nitrogens with zero attached hydrogens (tertiary/aromatic N) is 1. The first kappa shape index (κ1) is 9.00. The smallest absolute Gasteiger partial charge is 0.264 e. The lowest BCUT2D eigenvalue weighted by atomic mass is 10.2. The van der Waals surface area contributed by atoms with Gasteiger partial charge in [-0.2, -0.15) is 0 Å². The van der Waals surface area contributed by atoms with Crippen molar-refractivity contribution in [2.45, 2.75) is 13.3 Å². The molecule has 0 spiro atoms. The standard InChI is InChI=1S/C12H14NO/c1-2-10-14-13-9-5-7-11-6-3-4-8-12(11)13/h3-9H,2,10H2,1H3/q+1. The first-order chi connectivity index (χ1) is 6.92. The third kappa shape index (κ3) is 1.69. The SMILES string of the molecule is CCCO[n+]1cccc2ccccc21. The molecule has 1 aromatic heterocycles. The Bertz CT molecular complexity index is 420. The zero-order valence-electron chi connectivity index (χ0n) is 8.31. The van der Waals surface area contributed by atoms with Gasteiger partial charge in [0, 0.05) is 16.9 Å². The van der Waals surface area contributed by atoms with E-state index in [0.717, 1.165) is 18.5 Å². The molecule has 2 nitrogen and oxygen atoms in total. The lowest BCUT2D eigenvalue weighted by Crippen LogP contribution is -2.43. The van der Waals surface area contributed by atoms with E-state index in [1.54, 1.807) is 0 Å². The molecule has 14 heavy (non-hydrogen) atoms. The number of hydrogen-bond donors (Lipinski definition) is 0. The van der Waals surface area contributed by atoms with Gasteiger partial charge in [0.2, 0.25) is 6.20 Å². The average Bonchev–Trinajstić information content (AvgIpc) is 2.26. The molecule has 0 N–H and O–H groups in total. The summed E-state index contributed by atoms with van der Waals surface area (Å²) in [7, 11) is 0. The van der Waals surface area contributed by atoms with Crippen molar-refractivity contribution in [2.75, 3.05) is 6.61 Å². The Morgan fingerprint density at radius 1 is 1.14 bits per heavy atom. The second kappa shape index (κ2) is 4.09. The van der Waals surface area contributed by atoms with Gasteiger partial charge in [0.15, 0.2) is 6.61 Å². The molecule has 0 bridgehead atoms. The highest BCUT2D eigenvalue weighted by Gasteiger charge is 2.07. The van der Waals surface area contributed by atoms with E-state index < -0.39 is 0 Å². The van der Waals surface area contributed by atoms with Gasteiger partial charge in [-0.25, -0.2) is 0 Å². The summed E-state index contributed by atoms with van der Waals surface area (Å²) >= 11 is 0. The molecule has 0 saturated heterocycles. The number of aromatic nitrogens is 1. The molecule has 2 aromatic rings. The molecule has 0 radical (unpaired) electrons. The molecule has 0 saturated carbocycles. The number of fused-ring (bicyclic) bond motifs is 1. The predicted octanol–water partition coefficient (Wildman–Crippen LogP) is 1.97. The molecule has 0 aliphatic rings. The van der Waals surface area contributed by atoms with Crippen molar-refractivity contribution < 1.29 is 9.57 Å². The summed E-state index contributed by atoms with van der Waals surface area (Å²) in [6.45, 7) is 2.85. The monoisotopic (exact) mass is 188 g/mol. The van der Waals surface area contributed by atoms with Crippen LogP contribution in [0.15, 0.2) is 42.6 Å². The van der Waals surface area contributed by atoms with Gasteiger partial charge in [-0.15, -0.1) is 0 Å². The number of benzene rings is 1. The molecule has 0 atom stereocenters. The van der Waals surface area contributed by atoms with Crippen LogP contribution in [-0.2, 0) is 0 Å². The number of hydrogen-bond acceptors (Lipinski definition) is 1. The third-order valence-electron chi connectivity index (χ3n) is 2.11. The zero-order chi connectivity index (χ0) is 9.80. The third-order valence-corrected chi connectivity index (χ3v) is 2.11. The molecule has 0 aliphatic heterocycles. The Morgan fingerprint density at radius 2 is 1.93 bits per heavy atom. The highest BCUT2D eigenvalue weighted by molar-refractivity contribution is 5.74. The van der Waals surface area contributed by atoms with E-state index >= 15 is 0 Å². The van der Waals surface area contributed by atoms with Gasteiger partial charge in [-0.1, -0.05) is 19.1 Å². The van der Waals surface area contributed by atoms with Gasteiger partial charge >= 0.3 is 0 Å². The summed E-state index contributed by atoms with van der Waals surface area (Å²) in [4.78, 5) is 5.59. The molecule has 72 valence electrons. The molecule has 0 fully saturated rings. The minimum atomic E-state index is 0.749. The van der Waals surface area contributed by atoms with Crippen molar-refractivity contribution in [3.05, 3.63) is 42.6 Å². The van der Waals surface area contributed by atoms with E-state index in [0.29, 0.717) is 0 Å². The Balaban J connectivity index is 2.43. The summed E-state index contributed by atoms with van der Waals surface area (Å²) in [6.07, 6.45) is 2.97. The van der Waals surface area contributed by atoms with Gasteiger partial charge in [0.25, 0.3) is 5.52 Å². The summed E-state index contributed by atoms with van der Waals surface area (Å²) in [5, 5.41) is 1.20. The van der Waals surface area contributed by atoms with E-state index in [4.69, 9.17) is 4.84 Å². The fourth-order valence-electron chi connectivity index (χ4n) is 1.44. The molecule has 1 heterocycles. The van der Waals surface area contributed by atoms with Crippen LogP contribution in [0.3, 0.4) is 0 Å². The predicted molar refractivity (Wildman–Crippen MR) is 55.9 cm³/mol. The largest absolute Gasteiger partial charge is 0.271 e.